The fraction of sp³-hybridized carbons (Fsp3) is 0.500. The van der Waals surface area contributed by atoms with Gasteiger partial charge in [0.25, 0.3) is 5.56 Å². The Bertz CT molecular complexity index is 1730. The van der Waals surface area contributed by atoms with Gasteiger partial charge in [-0.1, -0.05) is 32.1 Å². The van der Waals surface area contributed by atoms with Gasteiger partial charge in [-0.15, -0.1) is 4.80 Å². The van der Waals surface area contributed by atoms with E-state index in [0.717, 1.165) is 15.9 Å². The Morgan fingerprint density at radius 3 is 2.42 bits per heavy atom. The number of Topliss-reactive ketones (excluding diaryl/α,β-unsaturated/α-hetero) is 1. The third-order valence-electron chi connectivity index (χ3n) is 7.23. The lowest BCUT2D eigenvalue weighted by Crippen LogP contribution is -2.53. The van der Waals surface area contributed by atoms with Crippen LogP contribution in [0.3, 0.4) is 0 Å². The molecule has 0 unspecified atom stereocenters. The zero-order valence-electron chi connectivity index (χ0n) is 25.5. The molecule has 0 radical (unpaired) electrons. The molecule has 1 atom stereocenters. The number of benzene rings is 1. The van der Waals surface area contributed by atoms with Crippen LogP contribution in [0.15, 0.2) is 40.2 Å². The molecule has 13 heteroatoms. The lowest BCUT2D eigenvalue weighted by atomic mass is 9.83. The van der Waals surface area contributed by atoms with Crippen molar-refractivity contribution in [1.82, 2.24) is 24.1 Å². The van der Waals surface area contributed by atoms with Crippen molar-refractivity contribution in [3.63, 3.8) is 0 Å². The van der Waals surface area contributed by atoms with E-state index in [2.05, 4.69) is 10.2 Å². The molecular weight excluding hydrogens is 577 g/mol. The average molecular weight is 616 g/mol. The van der Waals surface area contributed by atoms with Crippen LogP contribution in [0.5, 0.6) is 5.75 Å². The molecule has 3 heterocycles. The van der Waals surface area contributed by atoms with Crippen LogP contribution < -0.4 is 16.0 Å². The highest BCUT2D eigenvalue weighted by atomic mass is 32.1. The predicted octanol–water partition coefficient (Wildman–Crippen LogP) is 4.14. The number of halogens is 1. The molecule has 4 aromatic rings. The third-order valence-corrected chi connectivity index (χ3v) is 8.51. The van der Waals surface area contributed by atoms with Gasteiger partial charge in [-0.05, 0) is 50.8 Å². The quantitative estimate of drug-likeness (QED) is 0.235. The molecule has 0 aliphatic rings. The highest BCUT2D eigenvalue weighted by Gasteiger charge is 2.37. The van der Waals surface area contributed by atoms with Gasteiger partial charge in [-0.2, -0.15) is 10.2 Å². The molecule has 0 amide bonds. The lowest BCUT2D eigenvalue weighted by Gasteiger charge is -2.30. The van der Waals surface area contributed by atoms with Crippen LogP contribution in [0.1, 0.15) is 64.7 Å². The molecule has 1 aromatic carbocycles. The number of carbonyl (C=O) groups is 1. The Morgan fingerprint density at radius 1 is 1.14 bits per heavy atom. The normalized spacial score (nSPS) is 13.0. The van der Waals surface area contributed by atoms with Gasteiger partial charge in [-0.3, -0.25) is 14.2 Å². The molecule has 232 valence electrons. The lowest BCUT2D eigenvalue weighted by molar-refractivity contribution is -0.128. The van der Waals surface area contributed by atoms with Crippen LogP contribution >= 0.6 is 11.3 Å². The summed E-state index contributed by atoms with van der Waals surface area (Å²) in [7, 11) is 1.45. The standard InChI is InChI=1S/C30H38FN5O6S/c1-18-24-25(39)35(30(5,6)23(38)16-29(2,3)4)28(40)34(27(24)43-26(18)36-32-11-12-33-36)17-22(42-14-8-13-37)20-15-19(31)9-10-21(20)41-7/h9-12,15,22,37H,8,13-14,16-17H2,1-7H3/t22-/m0/s1. The van der Waals surface area contributed by atoms with E-state index in [1.165, 1.54) is 47.1 Å². The second-order valence-corrected chi connectivity index (χ2v) is 13.1. The number of aryl methyl sites for hydroxylation is 1. The minimum Gasteiger partial charge on any atom is -0.496 e. The molecule has 0 fully saturated rings. The van der Waals surface area contributed by atoms with Crippen molar-refractivity contribution in [3.8, 4) is 10.8 Å². The van der Waals surface area contributed by atoms with Crippen LogP contribution in [0.2, 0.25) is 0 Å². The summed E-state index contributed by atoms with van der Waals surface area (Å²) in [6.45, 7) is 10.5. The molecule has 1 N–H and O–H groups in total. The third kappa shape index (κ3) is 6.48. The Kier molecular flexibility index (Phi) is 9.38. The summed E-state index contributed by atoms with van der Waals surface area (Å²) in [5.74, 6) is -0.450. The molecule has 11 nitrogen and oxygen atoms in total. The van der Waals surface area contributed by atoms with E-state index in [9.17, 15) is 23.9 Å². The zero-order chi connectivity index (χ0) is 31.7. The number of ether oxygens (including phenoxy) is 2. The highest BCUT2D eigenvalue weighted by molar-refractivity contribution is 7.21. The summed E-state index contributed by atoms with van der Waals surface area (Å²) in [5.41, 5.74) is -2.28. The number of ketones is 1. The van der Waals surface area contributed by atoms with E-state index in [-0.39, 0.29) is 42.8 Å². The molecule has 0 saturated heterocycles. The predicted molar refractivity (Wildman–Crippen MR) is 162 cm³/mol. The first-order chi connectivity index (χ1) is 20.2. The van der Waals surface area contributed by atoms with Crippen LogP contribution in [0.4, 0.5) is 4.39 Å². The number of aliphatic hydroxyl groups excluding tert-OH is 1. The van der Waals surface area contributed by atoms with E-state index >= 15 is 0 Å². The minimum absolute atomic E-state index is 0.111. The number of aromatic nitrogens is 5. The number of thiophene rings is 1. The van der Waals surface area contributed by atoms with E-state index in [4.69, 9.17) is 9.47 Å². The summed E-state index contributed by atoms with van der Waals surface area (Å²) in [6.07, 6.45) is 2.54. The fourth-order valence-electron chi connectivity index (χ4n) is 4.98. The Labute approximate surface area is 252 Å². The summed E-state index contributed by atoms with van der Waals surface area (Å²) >= 11 is 1.15. The second kappa shape index (κ2) is 12.5. The van der Waals surface area contributed by atoms with Gasteiger partial charge in [0.15, 0.2) is 5.78 Å². The number of rotatable bonds is 12. The number of nitrogens with zero attached hydrogens (tertiary/aromatic N) is 5. The van der Waals surface area contributed by atoms with Crippen molar-refractivity contribution in [2.75, 3.05) is 20.3 Å². The SMILES string of the molecule is COc1ccc(F)cc1[C@H](Cn1c(=O)n(C(C)(C)C(=O)CC(C)(C)C)c(=O)c2c(C)c(-n3nccn3)sc21)OCCCO. The number of carbonyl (C=O) groups excluding carboxylic acids is 1. The van der Waals surface area contributed by atoms with Crippen molar-refractivity contribution >= 4 is 27.3 Å². The first kappa shape index (κ1) is 32.2. The van der Waals surface area contributed by atoms with Gasteiger partial charge in [0.05, 0.1) is 31.4 Å². The van der Waals surface area contributed by atoms with E-state index in [1.54, 1.807) is 20.8 Å². The van der Waals surface area contributed by atoms with E-state index in [0.29, 0.717) is 33.1 Å². The first-order valence-corrected chi connectivity index (χ1v) is 14.8. The number of aliphatic hydroxyl groups is 1. The van der Waals surface area contributed by atoms with E-state index in [1.807, 2.05) is 20.8 Å². The monoisotopic (exact) mass is 615 g/mol. The molecule has 0 aliphatic heterocycles. The molecule has 4 rings (SSSR count). The summed E-state index contributed by atoms with van der Waals surface area (Å²) in [5, 5.41) is 18.6. The maximum Gasteiger partial charge on any atom is 0.333 e. The second-order valence-electron chi connectivity index (χ2n) is 12.1. The molecule has 0 bridgehead atoms. The summed E-state index contributed by atoms with van der Waals surface area (Å²) in [6, 6.07) is 4.00. The van der Waals surface area contributed by atoms with Crippen molar-refractivity contribution in [2.45, 2.75) is 72.6 Å². The van der Waals surface area contributed by atoms with Crippen molar-refractivity contribution in [1.29, 1.82) is 0 Å². The number of hydrogen-bond donors (Lipinski definition) is 1. The summed E-state index contributed by atoms with van der Waals surface area (Å²) < 4.78 is 28.5. The van der Waals surface area contributed by atoms with E-state index < -0.39 is 28.7 Å². The molecule has 3 aromatic heterocycles. The van der Waals surface area contributed by atoms with Crippen LogP contribution in [0, 0.1) is 18.2 Å². The maximum atomic E-state index is 14.5. The average Bonchev–Trinajstić information content (AvgIpc) is 3.57. The Balaban J connectivity index is 2.02. The van der Waals surface area contributed by atoms with Gasteiger partial charge in [0.2, 0.25) is 0 Å². The van der Waals surface area contributed by atoms with Crippen LogP contribution in [0.25, 0.3) is 15.2 Å². The van der Waals surface area contributed by atoms with Gasteiger partial charge in [0, 0.05) is 30.8 Å². The molecule has 43 heavy (non-hydrogen) atoms. The molecular formula is C30H38FN5O6S. The molecule has 0 aliphatic carbocycles. The summed E-state index contributed by atoms with van der Waals surface area (Å²) in [4.78, 5) is 43.9. The number of methoxy groups -OCH3 is 1. The maximum absolute atomic E-state index is 14.5. The minimum atomic E-state index is -1.49. The molecule has 0 spiro atoms. The van der Waals surface area contributed by atoms with Crippen LogP contribution in [-0.2, 0) is 21.6 Å². The first-order valence-electron chi connectivity index (χ1n) is 14.0. The van der Waals surface area contributed by atoms with Crippen LogP contribution in [-0.4, -0.2) is 55.3 Å². The van der Waals surface area contributed by atoms with Crippen molar-refractivity contribution < 1.29 is 23.8 Å². The number of hydrogen-bond acceptors (Lipinski definition) is 9. The van der Waals surface area contributed by atoms with Gasteiger partial charge >= 0.3 is 5.69 Å². The van der Waals surface area contributed by atoms with Gasteiger partial charge < -0.3 is 14.6 Å². The van der Waals surface area contributed by atoms with Crippen molar-refractivity contribution in [3.05, 3.63) is 68.4 Å². The zero-order valence-corrected chi connectivity index (χ0v) is 26.3. The van der Waals surface area contributed by atoms with Gasteiger partial charge in [0.1, 0.15) is 33.0 Å². The largest absolute Gasteiger partial charge is 0.496 e. The Hall–Kier alpha value is -3.68. The smallest absolute Gasteiger partial charge is 0.333 e. The van der Waals surface area contributed by atoms with Gasteiger partial charge in [-0.25, -0.2) is 13.8 Å². The fourth-order valence-corrected chi connectivity index (χ4v) is 6.20. The Morgan fingerprint density at radius 2 is 1.81 bits per heavy atom. The number of fused-ring (bicyclic) bond motifs is 1. The molecule has 0 saturated carbocycles. The van der Waals surface area contributed by atoms with Crippen molar-refractivity contribution in [2.24, 2.45) is 5.41 Å². The topological polar surface area (TPSA) is 130 Å². The highest BCUT2D eigenvalue weighted by Crippen LogP contribution is 2.35.